The predicted octanol–water partition coefficient (Wildman–Crippen LogP) is 1.16. The van der Waals surface area contributed by atoms with Gasteiger partial charge in [-0.25, -0.2) is 4.68 Å². The van der Waals surface area contributed by atoms with Crippen molar-refractivity contribution in [2.24, 2.45) is 0 Å². The van der Waals surface area contributed by atoms with E-state index in [4.69, 9.17) is 9.47 Å². The summed E-state index contributed by atoms with van der Waals surface area (Å²) in [5.41, 5.74) is 1.43. The van der Waals surface area contributed by atoms with Crippen molar-refractivity contribution >= 4 is 17.4 Å². The molecule has 114 valence electrons. The third kappa shape index (κ3) is 2.62. The lowest BCUT2D eigenvalue weighted by Crippen LogP contribution is -2.20. The van der Waals surface area contributed by atoms with Crippen molar-refractivity contribution in [2.45, 2.75) is 20.4 Å². The van der Waals surface area contributed by atoms with Gasteiger partial charge in [0.15, 0.2) is 23.0 Å². The predicted molar refractivity (Wildman–Crippen MR) is 76.0 cm³/mol. The number of anilines is 1. The van der Waals surface area contributed by atoms with Gasteiger partial charge in [0.05, 0.1) is 5.69 Å². The molecule has 0 aliphatic carbocycles. The van der Waals surface area contributed by atoms with Crippen molar-refractivity contribution in [1.29, 1.82) is 0 Å². The second-order valence-electron chi connectivity index (χ2n) is 4.85. The van der Waals surface area contributed by atoms with Gasteiger partial charge in [-0.3, -0.25) is 9.59 Å². The van der Waals surface area contributed by atoms with Gasteiger partial charge in [-0.1, -0.05) is 5.21 Å². The fraction of sp³-hybridized carbons (Fsp3) is 0.286. The largest absolute Gasteiger partial charge is 0.454 e. The Hall–Kier alpha value is -2.90. The van der Waals surface area contributed by atoms with Crippen LogP contribution >= 0.6 is 0 Å². The minimum atomic E-state index is -0.276. The summed E-state index contributed by atoms with van der Waals surface area (Å²) < 4.78 is 11.8. The summed E-state index contributed by atoms with van der Waals surface area (Å²) in [4.78, 5) is 23.4. The van der Waals surface area contributed by atoms with Gasteiger partial charge < -0.3 is 14.8 Å². The monoisotopic (exact) mass is 302 g/mol. The molecule has 0 bridgehead atoms. The minimum absolute atomic E-state index is 0.0272. The van der Waals surface area contributed by atoms with Crippen LogP contribution in [0, 0.1) is 6.92 Å². The second-order valence-corrected chi connectivity index (χ2v) is 4.85. The van der Waals surface area contributed by atoms with Crippen LogP contribution in [0.1, 0.15) is 23.1 Å². The van der Waals surface area contributed by atoms with Gasteiger partial charge in [0.25, 0.3) is 0 Å². The molecule has 1 aromatic heterocycles. The molecule has 1 N–H and O–H groups in total. The summed E-state index contributed by atoms with van der Waals surface area (Å²) in [5, 5.41) is 10.3. The van der Waals surface area contributed by atoms with E-state index >= 15 is 0 Å². The maximum absolute atomic E-state index is 12.1. The SMILES string of the molecule is CC(=O)c1nnn(CC(=O)Nc2ccc3c(c2)OCO3)c1C. The van der Waals surface area contributed by atoms with Gasteiger partial charge in [-0.05, 0) is 19.1 Å². The van der Waals surface area contributed by atoms with Crippen molar-refractivity contribution in [3.05, 3.63) is 29.6 Å². The molecule has 1 aromatic carbocycles. The van der Waals surface area contributed by atoms with Crippen molar-refractivity contribution in [1.82, 2.24) is 15.0 Å². The lowest BCUT2D eigenvalue weighted by Gasteiger charge is -2.07. The summed E-state index contributed by atoms with van der Waals surface area (Å²) in [6, 6.07) is 5.14. The maximum Gasteiger partial charge on any atom is 0.246 e. The van der Waals surface area contributed by atoms with Crippen molar-refractivity contribution < 1.29 is 19.1 Å². The normalized spacial score (nSPS) is 12.3. The Kier molecular flexibility index (Phi) is 3.50. The van der Waals surface area contributed by atoms with Gasteiger partial charge in [0, 0.05) is 18.7 Å². The standard InChI is InChI=1S/C14H14N4O4/c1-8-14(9(2)19)16-17-18(8)6-13(20)15-10-3-4-11-12(5-10)22-7-21-11/h3-5H,6-7H2,1-2H3,(H,15,20). The number of amides is 1. The molecular formula is C14H14N4O4. The van der Waals surface area contributed by atoms with Gasteiger partial charge >= 0.3 is 0 Å². The van der Waals surface area contributed by atoms with Crippen LogP contribution in [0.4, 0.5) is 5.69 Å². The number of fused-ring (bicyclic) bond motifs is 1. The number of aromatic nitrogens is 3. The van der Waals surface area contributed by atoms with Crippen LogP contribution in [-0.2, 0) is 11.3 Å². The van der Waals surface area contributed by atoms with Crippen LogP contribution < -0.4 is 14.8 Å². The Morgan fingerprint density at radius 3 is 2.82 bits per heavy atom. The van der Waals surface area contributed by atoms with E-state index in [2.05, 4.69) is 15.6 Å². The molecule has 1 aliphatic heterocycles. The lowest BCUT2D eigenvalue weighted by atomic mass is 10.2. The number of nitrogens with zero attached hydrogens (tertiary/aromatic N) is 3. The smallest absolute Gasteiger partial charge is 0.246 e. The number of carbonyl (C=O) groups is 2. The van der Waals surface area contributed by atoms with Crippen LogP contribution in [-0.4, -0.2) is 33.5 Å². The molecule has 0 radical (unpaired) electrons. The first-order valence-corrected chi connectivity index (χ1v) is 6.65. The van der Waals surface area contributed by atoms with E-state index in [1.54, 1.807) is 25.1 Å². The number of rotatable bonds is 4. The zero-order valence-corrected chi connectivity index (χ0v) is 12.1. The van der Waals surface area contributed by atoms with E-state index in [0.717, 1.165) is 0 Å². The number of ether oxygens (including phenoxy) is 2. The van der Waals surface area contributed by atoms with Crippen LogP contribution in [0.3, 0.4) is 0 Å². The maximum atomic E-state index is 12.1. The van der Waals surface area contributed by atoms with E-state index in [-0.39, 0.29) is 30.7 Å². The molecule has 8 heteroatoms. The number of nitrogens with one attached hydrogen (secondary N) is 1. The quantitative estimate of drug-likeness (QED) is 0.851. The topological polar surface area (TPSA) is 95.3 Å². The highest BCUT2D eigenvalue weighted by Gasteiger charge is 2.16. The number of hydrogen-bond donors (Lipinski definition) is 1. The molecule has 0 saturated carbocycles. The number of hydrogen-bond acceptors (Lipinski definition) is 6. The number of Topliss-reactive ketones (excluding diaryl/α,β-unsaturated/α-hetero) is 1. The molecule has 1 amide bonds. The number of benzene rings is 1. The summed E-state index contributed by atoms with van der Waals surface area (Å²) >= 11 is 0. The Morgan fingerprint density at radius 2 is 2.09 bits per heavy atom. The third-order valence-electron chi connectivity index (χ3n) is 3.27. The molecule has 2 heterocycles. The molecule has 8 nitrogen and oxygen atoms in total. The van der Waals surface area contributed by atoms with E-state index in [9.17, 15) is 9.59 Å². The van der Waals surface area contributed by atoms with Gasteiger partial charge in [-0.2, -0.15) is 0 Å². The average Bonchev–Trinajstić information content (AvgIpc) is 3.06. The highest BCUT2D eigenvalue weighted by atomic mass is 16.7. The Morgan fingerprint density at radius 1 is 1.32 bits per heavy atom. The van der Waals surface area contributed by atoms with Gasteiger partial charge in [-0.15, -0.1) is 5.10 Å². The minimum Gasteiger partial charge on any atom is -0.454 e. The Bertz CT molecular complexity index is 753. The van der Waals surface area contributed by atoms with Crippen LogP contribution in [0.2, 0.25) is 0 Å². The Labute approximate surface area is 126 Å². The number of carbonyl (C=O) groups excluding carboxylic acids is 2. The van der Waals surface area contributed by atoms with E-state index in [1.165, 1.54) is 11.6 Å². The first-order valence-electron chi connectivity index (χ1n) is 6.65. The molecule has 0 fully saturated rings. The molecular weight excluding hydrogens is 288 g/mol. The van der Waals surface area contributed by atoms with Crippen molar-refractivity contribution in [3.8, 4) is 11.5 Å². The fourth-order valence-corrected chi connectivity index (χ4v) is 2.15. The first-order chi connectivity index (χ1) is 10.5. The number of ketones is 1. The van der Waals surface area contributed by atoms with Crippen molar-refractivity contribution in [2.75, 3.05) is 12.1 Å². The molecule has 0 saturated heterocycles. The van der Waals surface area contributed by atoms with Crippen LogP contribution in [0.25, 0.3) is 0 Å². The molecule has 0 unspecified atom stereocenters. The molecule has 2 aromatic rings. The molecule has 0 spiro atoms. The second kappa shape index (κ2) is 5.47. The lowest BCUT2D eigenvalue weighted by molar-refractivity contribution is -0.117. The van der Waals surface area contributed by atoms with Gasteiger partial charge in [0.1, 0.15) is 6.54 Å². The highest BCUT2D eigenvalue weighted by molar-refractivity contribution is 5.93. The van der Waals surface area contributed by atoms with Gasteiger partial charge in [0.2, 0.25) is 12.7 Å². The molecule has 22 heavy (non-hydrogen) atoms. The highest BCUT2D eigenvalue weighted by Crippen LogP contribution is 2.34. The van der Waals surface area contributed by atoms with Crippen LogP contribution in [0.5, 0.6) is 11.5 Å². The summed E-state index contributed by atoms with van der Waals surface area (Å²) in [5.74, 6) is 0.784. The Balaban J connectivity index is 1.69. The molecule has 1 aliphatic rings. The fourth-order valence-electron chi connectivity index (χ4n) is 2.15. The first kappa shape index (κ1) is 14.1. The molecule has 0 atom stereocenters. The molecule has 3 rings (SSSR count). The zero-order valence-electron chi connectivity index (χ0n) is 12.1. The summed E-state index contributed by atoms with van der Waals surface area (Å²) in [6.07, 6.45) is 0. The van der Waals surface area contributed by atoms with Crippen molar-refractivity contribution in [3.63, 3.8) is 0 Å². The third-order valence-corrected chi connectivity index (χ3v) is 3.27. The summed E-state index contributed by atoms with van der Waals surface area (Å²) in [7, 11) is 0. The van der Waals surface area contributed by atoms with E-state index < -0.39 is 0 Å². The zero-order chi connectivity index (χ0) is 15.7. The van der Waals surface area contributed by atoms with E-state index in [1.807, 2.05) is 0 Å². The average molecular weight is 302 g/mol. The summed E-state index contributed by atoms with van der Waals surface area (Å²) in [6.45, 7) is 3.26. The van der Waals surface area contributed by atoms with E-state index in [0.29, 0.717) is 22.9 Å². The van der Waals surface area contributed by atoms with Crippen LogP contribution in [0.15, 0.2) is 18.2 Å².